The van der Waals surface area contributed by atoms with Gasteiger partial charge in [0.2, 0.25) is 0 Å². The van der Waals surface area contributed by atoms with Gasteiger partial charge in [0.25, 0.3) is 0 Å². The van der Waals surface area contributed by atoms with Gasteiger partial charge >= 0.3 is 0 Å². The molecular formula is C30H18O. The fourth-order valence-corrected chi connectivity index (χ4v) is 5.46. The van der Waals surface area contributed by atoms with Gasteiger partial charge in [-0.3, -0.25) is 4.79 Å². The van der Waals surface area contributed by atoms with E-state index in [2.05, 4.69) is 97.1 Å². The van der Waals surface area contributed by atoms with Gasteiger partial charge < -0.3 is 0 Å². The molecule has 0 atom stereocenters. The van der Waals surface area contributed by atoms with Gasteiger partial charge in [-0.2, -0.15) is 0 Å². The van der Waals surface area contributed by atoms with Gasteiger partial charge in [0.05, 0.1) is 0 Å². The van der Waals surface area contributed by atoms with Gasteiger partial charge in [-0.05, 0) is 60.5 Å². The van der Waals surface area contributed by atoms with Gasteiger partial charge in [-0.25, -0.2) is 0 Å². The second-order valence-corrected chi connectivity index (χ2v) is 8.46. The van der Waals surface area contributed by atoms with Gasteiger partial charge in [-0.15, -0.1) is 0 Å². The normalized spacial score (nSPS) is 13.1. The van der Waals surface area contributed by atoms with Crippen LogP contribution in [-0.2, 0) is 6.42 Å². The standard InChI is InChI=1S/C30H18O/c31-28-17-20-15-18-7-1-2-8-19(18)16-27(20)26-14-13-25-23-11-4-3-9-21(23)22-10-5-6-12-24(22)29(25)30(26)28/h1-16H,17H2. The third-order valence-electron chi connectivity index (χ3n) is 6.80. The van der Waals surface area contributed by atoms with Crippen molar-refractivity contribution in [3.63, 3.8) is 0 Å². The Morgan fingerprint density at radius 3 is 1.77 bits per heavy atom. The molecule has 1 heteroatoms. The number of ketones is 1. The fourth-order valence-electron chi connectivity index (χ4n) is 5.46. The third-order valence-corrected chi connectivity index (χ3v) is 6.80. The van der Waals surface area contributed by atoms with Crippen molar-refractivity contribution in [1.82, 2.24) is 0 Å². The van der Waals surface area contributed by atoms with E-state index in [0.717, 1.165) is 32.8 Å². The monoisotopic (exact) mass is 394 g/mol. The van der Waals surface area contributed by atoms with Crippen molar-refractivity contribution in [3.05, 3.63) is 108 Å². The van der Waals surface area contributed by atoms with E-state index >= 15 is 0 Å². The molecule has 0 fully saturated rings. The number of rotatable bonds is 0. The van der Waals surface area contributed by atoms with Crippen LogP contribution >= 0.6 is 0 Å². The molecule has 0 aliphatic heterocycles. The van der Waals surface area contributed by atoms with E-state index in [0.29, 0.717) is 6.42 Å². The van der Waals surface area contributed by atoms with E-state index in [1.54, 1.807) is 0 Å². The molecule has 31 heavy (non-hydrogen) atoms. The van der Waals surface area contributed by atoms with Crippen LogP contribution in [0.3, 0.4) is 0 Å². The van der Waals surface area contributed by atoms with E-state index in [9.17, 15) is 4.79 Å². The molecule has 0 bridgehead atoms. The molecule has 1 aliphatic rings. The van der Waals surface area contributed by atoms with Crippen molar-refractivity contribution in [2.75, 3.05) is 0 Å². The highest BCUT2D eigenvalue weighted by Crippen LogP contribution is 2.44. The van der Waals surface area contributed by atoms with E-state index in [1.165, 1.54) is 32.5 Å². The first kappa shape index (κ1) is 16.8. The number of hydrogen-bond acceptors (Lipinski definition) is 1. The van der Waals surface area contributed by atoms with Crippen LogP contribution in [0.2, 0.25) is 0 Å². The van der Waals surface area contributed by atoms with Crippen molar-refractivity contribution in [2.45, 2.75) is 6.42 Å². The van der Waals surface area contributed by atoms with Crippen molar-refractivity contribution < 1.29 is 4.79 Å². The van der Waals surface area contributed by atoms with Crippen LogP contribution < -0.4 is 0 Å². The predicted molar refractivity (Wildman–Crippen MR) is 130 cm³/mol. The molecule has 1 nitrogen and oxygen atoms in total. The average molecular weight is 394 g/mol. The van der Waals surface area contributed by atoms with Crippen LogP contribution in [0.1, 0.15) is 15.9 Å². The number of Topliss-reactive ketones (excluding diaryl/α,β-unsaturated/α-hetero) is 1. The largest absolute Gasteiger partial charge is 0.294 e. The first-order chi connectivity index (χ1) is 15.3. The van der Waals surface area contributed by atoms with Crippen LogP contribution in [-0.4, -0.2) is 5.78 Å². The molecule has 0 saturated heterocycles. The second kappa shape index (κ2) is 6.02. The highest BCUT2D eigenvalue weighted by Gasteiger charge is 2.26. The topological polar surface area (TPSA) is 17.1 Å². The molecule has 0 amide bonds. The highest BCUT2D eigenvalue weighted by atomic mass is 16.1. The van der Waals surface area contributed by atoms with Crippen LogP contribution in [0.5, 0.6) is 0 Å². The molecule has 6 aromatic rings. The lowest BCUT2D eigenvalue weighted by Crippen LogP contribution is -2.13. The van der Waals surface area contributed by atoms with E-state index in [4.69, 9.17) is 0 Å². The molecule has 0 saturated carbocycles. The summed E-state index contributed by atoms with van der Waals surface area (Å²) in [6, 6.07) is 34.2. The lowest BCUT2D eigenvalue weighted by Gasteiger charge is -2.23. The Morgan fingerprint density at radius 2 is 1.06 bits per heavy atom. The minimum absolute atomic E-state index is 0.212. The van der Waals surface area contributed by atoms with Crippen LogP contribution in [0.4, 0.5) is 0 Å². The van der Waals surface area contributed by atoms with Gasteiger partial charge in [0.1, 0.15) is 0 Å². The minimum Gasteiger partial charge on any atom is -0.294 e. The number of benzene rings is 6. The summed E-state index contributed by atoms with van der Waals surface area (Å²) in [5.74, 6) is 0.212. The van der Waals surface area contributed by atoms with Gasteiger partial charge in [0, 0.05) is 17.4 Å². The van der Waals surface area contributed by atoms with Gasteiger partial charge in [-0.1, -0.05) is 91.0 Å². The number of hydrogen-bond donors (Lipinski definition) is 0. The summed E-state index contributed by atoms with van der Waals surface area (Å²) in [5.41, 5.74) is 4.25. The van der Waals surface area contributed by atoms with Crippen molar-refractivity contribution in [3.8, 4) is 11.1 Å². The SMILES string of the molecule is O=C1Cc2cc3ccccc3cc2-c2ccc3c4ccccc4c4ccccc4c3c21. The zero-order chi connectivity index (χ0) is 20.5. The summed E-state index contributed by atoms with van der Waals surface area (Å²) >= 11 is 0. The molecule has 0 N–H and O–H groups in total. The second-order valence-electron chi connectivity index (χ2n) is 8.46. The number of fused-ring (bicyclic) bond motifs is 11. The van der Waals surface area contributed by atoms with Crippen molar-refractivity contribution in [2.24, 2.45) is 0 Å². The molecule has 7 rings (SSSR count). The van der Waals surface area contributed by atoms with Crippen LogP contribution in [0.25, 0.3) is 54.2 Å². The van der Waals surface area contributed by atoms with E-state index in [-0.39, 0.29) is 5.78 Å². The maximum Gasteiger partial charge on any atom is 0.168 e. The molecule has 0 aromatic heterocycles. The zero-order valence-electron chi connectivity index (χ0n) is 16.9. The smallest absolute Gasteiger partial charge is 0.168 e. The van der Waals surface area contributed by atoms with E-state index in [1.807, 2.05) is 0 Å². The molecule has 0 heterocycles. The summed E-state index contributed by atoms with van der Waals surface area (Å²) in [6.07, 6.45) is 0.452. The Labute approximate surface area is 179 Å². The molecule has 144 valence electrons. The maximum absolute atomic E-state index is 13.6. The Bertz CT molecular complexity index is 1690. The lowest BCUT2D eigenvalue weighted by atomic mass is 9.79. The summed E-state index contributed by atoms with van der Waals surface area (Å²) in [6.45, 7) is 0. The van der Waals surface area contributed by atoms with Crippen molar-refractivity contribution >= 4 is 48.9 Å². The maximum atomic E-state index is 13.6. The van der Waals surface area contributed by atoms with Crippen LogP contribution in [0.15, 0.2) is 97.1 Å². The van der Waals surface area contributed by atoms with Crippen molar-refractivity contribution in [1.29, 1.82) is 0 Å². The quantitative estimate of drug-likeness (QED) is 0.241. The number of carbonyl (C=O) groups is 1. The number of carbonyl (C=O) groups excluding carboxylic acids is 1. The van der Waals surface area contributed by atoms with E-state index < -0.39 is 0 Å². The first-order valence-corrected chi connectivity index (χ1v) is 10.7. The Hall–Kier alpha value is -3.97. The van der Waals surface area contributed by atoms with Crippen LogP contribution in [0, 0.1) is 0 Å². The molecule has 0 radical (unpaired) electrons. The predicted octanol–water partition coefficient (Wildman–Crippen LogP) is 7.71. The summed E-state index contributed by atoms with van der Waals surface area (Å²) in [7, 11) is 0. The zero-order valence-corrected chi connectivity index (χ0v) is 16.9. The Kier molecular flexibility index (Phi) is 3.26. The lowest BCUT2D eigenvalue weighted by molar-refractivity contribution is 0.0993. The Morgan fingerprint density at radius 1 is 0.516 bits per heavy atom. The molecular weight excluding hydrogens is 376 g/mol. The Balaban J connectivity index is 1.69. The summed E-state index contributed by atoms with van der Waals surface area (Å²) in [4.78, 5) is 13.6. The third kappa shape index (κ3) is 2.23. The minimum atomic E-state index is 0.212. The van der Waals surface area contributed by atoms with Gasteiger partial charge in [0.15, 0.2) is 5.78 Å². The molecule has 0 spiro atoms. The fraction of sp³-hybridized carbons (Fsp3) is 0.0333. The average Bonchev–Trinajstić information content (AvgIpc) is 2.82. The summed E-state index contributed by atoms with van der Waals surface area (Å²) in [5, 5.41) is 9.46. The highest BCUT2D eigenvalue weighted by molar-refractivity contribution is 6.31. The summed E-state index contributed by atoms with van der Waals surface area (Å²) < 4.78 is 0. The molecule has 1 aliphatic carbocycles. The molecule has 6 aromatic carbocycles. The first-order valence-electron chi connectivity index (χ1n) is 10.7. The molecule has 0 unspecified atom stereocenters.